The first kappa shape index (κ1) is 12.9. The van der Waals surface area contributed by atoms with E-state index in [4.69, 9.17) is 0 Å². The van der Waals surface area contributed by atoms with Gasteiger partial charge in [-0.05, 0) is 38.1 Å². The molecule has 2 saturated heterocycles. The van der Waals surface area contributed by atoms with Crippen molar-refractivity contribution in [1.82, 2.24) is 14.8 Å². The normalized spacial score (nSPS) is 22.0. The highest BCUT2D eigenvalue weighted by Crippen LogP contribution is 2.13. The van der Waals surface area contributed by atoms with Crippen molar-refractivity contribution < 1.29 is 0 Å². The molecule has 3 rings (SSSR count). The molecule has 1 aromatic heterocycles. The van der Waals surface area contributed by atoms with Crippen LogP contribution >= 0.6 is 0 Å². The molecule has 0 unspecified atom stereocenters. The molecule has 0 spiro atoms. The van der Waals surface area contributed by atoms with E-state index in [0.29, 0.717) is 0 Å². The molecule has 19 heavy (non-hydrogen) atoms. The number of hydrogen-bond acceptors (Lipinski definition) is 4. The molecule has 4 nitrogen and oxygen atoms in total. The van der Waals surface area contributed by atoms with Crippen LogP contribution in [0.2, 0.25) is 0 Å². The van der Waals surface area contributed by atoms with Gasteiger partial charge in [-0.3, -0.25) is 4.90 Å². The standard InChI is InChI=1S/C15H24N4/c1-2-6-16-15(5-1)19-13-11-18(12-14-19)10-9-17-7-3-4-8-17/h1-2,5-6H,3-4,7-14H2. The summed E-state index contributed by atoms with van der Waals surface area (Å²) in [4.78, 5) is 12.0. The van der Waals surface area contributed by atoms with Crippen molar-refractivity contribution in [1.29, 1.82) is 0 Å². The summed E-state index contributed by atoms with van der Waals surface area (Å²) in [6, 6.07) is 6.16. The lowest BCUT2D eigenvalue weighted by Crippen LogP contribution is -2.48. The van der Waals surface area contributed by atoms with Crippen molar-refractivity contribution in [2.24, 2.45) is 0 Å². The number of hydrogen-bond donors (Lipinski definition) is 0. The second-order valence-electron chi connectivity index (χ2n) is 5.57. The molecule has 0 N–H and O–H groups in total. The molecule has 0 aromatic carbocycles. The summed E-state index contributed by atoms with van der Waals surface area (Å²) in [6.45, 7) is 9.67. The fraction of sp³-hybridized carbons (Fsp3) is 0.667. The number of pyridine rings is 1. The lowest BCUT2D eigenvalue weighted by Gasteiger charge is -2.36. The Kier molecular flexibility index (Phi) is 4.30. The zero-order valence-corrected chi connectivity index (χ0v) is 11.7. The van der Waals surface area contributed by atoms with E-state index in [-0.39, 0.29) is 0 Å². The third kappa shape index (κ3) is 3.45. The minimum Gasteiger partial charge on any atom is -0.354 e. The van der Waals surface area contributed by atoms with Gasteiger partial charge in [0.25, 0.3) is 0 Å². The van der Waals surface area contributed by atoms with Gasteiger partial charge >= 0.3 is 0 Å². The van der Waals surface area contributed by atoms with Crippen molar-refractivity contribution in [3.63, 3.8) is 0 Å². The van der Waals surface area contributed by atoms with E-state index in [2.05, 4.69) is 31.8 Å². The van der Waals surface area contributed by atoms with Crippen LogP contribution in [0.4, 0.5) is 5.82 Å². The molecule has 2 aliphatic heterocycles. The lowest BCUT2D eigenvalue weighted by molar-refractivity contribution is 0.215. The quantitative estimate of drug-likeness (QED) is 0.814. The van der Waals surface area contributed by atoms with E-state index in [0.717, 1.165) is 18.9 Å². The molecule has 0 aliphatic carbocycles. The molecular formula is C15H24N4. The topological polar surface area (TPSA) is 22.6 Å². The van der Waals surface area contributed by atoms with E-state index in [1.165, 1.54) is 52.1 Å². The Labute approximate surface area is 116 Å². The van der Waals surface area contributed by atoms with Crippen LogP contribution in [0.1, 0.15) is 12.8 Å². The Morgan fingerprint density at radius 2 is 1.53 bits per heavy atom. The summed E-state index contributed by atoms with van der Waals surface area (Å²) in [6.07, 6.45) is 4.68. The van der Waals surface area contributed by atoms with Crippen LogP contribution in [0.3, 0.4) is 0 Å². The summed E-state index contributed by atoms with van der Waals surface area (Å²) >= 11 is 0. The average molecular weight is 260 g/mol. The van der Waals surface area contributed by atoms with E-state index < -0.39 is 0 Å². The molecule has 1 aromatic rings. The second-order valence-corrected chi connectivity index (χ2v) is 5.57. The molecule has 104 valence electrons. The first-order valence-electron chi connectivity index (χ1n) is 7.52. The minimum absolute atomic E-state index is 1.11. The number of likely N-dealkylation sites (tertiary alicyclic amines) is 1. The van der Waals surface area contributed by atoms with Crippen LogP contribution in [0.5, 0.6) is 0 Å². The third-order valence-corrected chi connectivity index (χ3v) is 4.28. The number of rotatable bonds is 4. The van der Waals surface area contributed by atoms with Crippen molar-refractivity contribution in [2.75, 3.05) is 57.3 Å². The van der Waals surface area contributed by atoms with Crippen LogP contribution < -0.4 is 4.90 Å². The van der Waals surface area contributed by atoms with Gasteiger partial charge in [0.15, 0.2) is 0 Å². The average Bonchev–Trinajstić information content (AvgIpc) is 3.00. The third-order valence-electron chi connectivity index (χ3n) is 4.28. The highest BCUT2D eigenvalue weighted by molar-refractivity contribution is 5.38. The maximum absolute atomic E-state index is 4.44. The smallest absolute Gasteiger partial charge is 0.128 e. The van der Waals surface area contributed by atoms with Gasteiger partial charge in [0.1, 0.15) is 5.82 Å². The summed E-state index contributed by atoms with van der Waals surface area (Å²) in [5, 5.41) is 0. The van der Waals surface area contributed by atoms with Gasteiger partial charge in [0, 0.05) is 45.5 Å². The molecule has 4 heteroatoms. The number of aromatic nitrogens is 1. The Bertz CT molecular complexity index is 367. The largest absolute Gasteiger partial charge is 0.354 e. The Hall–Kier alpha value is -1.13. The van der Waals surface area contributed by atoms with Gasteiger partial charge in [-0.25, -0.2) is 4.98 Å². The molecule has 3 heterocycles. The van der Waals surface area contributed by atoms with Crippen molar-refractivity contribution in [2.45, 2.75) is 12.8 Å². The van der Waals surface area contributed by atoms with Gasteiger partial charge in [-0.1, -0.05) is 6.07 Å². The monoisotopic (exact) mass is 260 g/mol. The second kappa shape index (κ2) is 6.35. The van der Waals surface area contributed by atoms with Gasteiger partial charge in [-0.15, -0.1) is 0 Å². The molecule has 0 amide bonds. The maximum Gasteiger partial charge on any atom is 0.128 e. The Morgan fingerprint density at radius 1 is 0.842 bits per heavy atom. The Morgan fingerprint density at radius 3 is 2.16 bits per heavy atom. The van der Waals surface area contributed by atoms with Crippen LogP contribution in [-0.2, 0) is 0 Å². The predicted octanol–water partition coefficient (Wildman–Crippen LogP) is 1.30. The van der Waals surface area contributed by atoms with Crippen molar-refractivity contribution >= 4 is 5.82 Å². The first-order valence-corrected chi connectivity index (χ1v) is 7.52. The molecular weight excluding hydrogens is 236 g/mol. The van der Waals surface area contributed by atoms with E-state index >= 15 is 0 Å². The molecule has 0 bridgehead atoms. The number of piperazine rings is 1. The minimum atomic E-state index is 1.11. The lowest BCUT2D eigenvalue weighted by atomic mass is 10.3. The SMILES string of the molecule is c1ccc(N2CCN(CCN3CCCC3)CC2)nc1. The van der Waals surface area contributed by atoms with Crippen LogP contribution in [0.15, 0.2) is 24.4 Å². The summed E-state index contributed by atoms with van der Waals surface area (Å²) in [5.74, 6) is 1.13. The predicted molar refractivity (Wildman–Crippen MR) is 78.6 cm³/mol. The van der Waals surface area contributed by atoms with E-state index in [1.54, 1.807) is 0 Å². The Balaban J connectivity index is 1.42. The zero-order valence-electron chi connectivity index (χ0n) is 11.7. The highest BCUT2D eigenvalue weighted by atomic mass is 15.3. The van der Waals surface area contributed by atoms with Gasteiger partial charge in [-0.2, -0.15) is 0 Å². The van der Waals surface area contributed by atoms with Crippen LogP contribution in [-0.4, -0.2) is 67.1 Å². The number of nitrogens with zero attached hydrogens (tertiary/aromatic N) is 4. The van der Waals surface area contributed by atoms with Crippen LogP contribution in [0.25, 0.3) is 0 Å². The maximum atomic E-state index is 4.44. The highest BCUT2D eigenvalue weighted by Gasteiger charge is 2.19. The summed E-state index contributed by atoms with van der Waals surface area (Å²) in [7, 11) is 0. The van der Waals surface area contributed by atoms with E-state index in [9.17, 15) is 0 Å². The van der Waals surface area contributed by atoms with Crippen molar-refractivity contribution in [3.8, 4) is 0 Å². The van der Waals surface area contributed by atoms with Crippen LogP contribution in [0, 0.1) is 0 Å². The fourth-order valence-electron chi connectivity index (χ4n) is 3.03. The van der Waals surface area contributed by atoms with Gasteiger partial charge in [0.2, 0.25) is 0 Å². The van der Waals surface area contributed by atoms with Gasteiger partial charge in [0.05, 0.1) is 0 Å². The van der Waals surface area contributed by atoms with Crippen molar-refractivity contribution in [3.05, 3.63) is 24.4 Å². The molecule has 0 saturated carbocycles. The first-order chi connectivity index (χ1) is 9.42. The number of anilines is 1. The fourth-order valence-corrected chi connectivity index (χ4v) is 3.03. The molecule has 0 atom stereocenters. The molecule has 0 radical (unpaired) electrons. The summed E-state index contributed by atoms with van der Waals surface area (Å²) in [5.41, 5.74) is 0. The zero-order chi connectivity index (χ0) is 12.9. The van der Waals surface area contributed by atoms with E-state index in [1.807, 2.05) is 12.3 Å². The summed E-state index contributed by atoms with van der Waals surface area (Å²) < 4.78 is 0. The molecule has 2 aliphatic rings. The van der Waals surface area contributed by atoms with Gasteiger partial charge < -0.3 is 9.80 Å². The molecule has 2 fully saturated rings.